The van der Waals surface area contributed by atoms with Crippen LogP contribution in [0.25, 0.3) is 71.7 Å². The Kier molecular flexibility index (Phi) is 4.84. The smallest absolute Gasteiger partial charge is 0.158 e. The zero-order valence-corrected chi connectivity index (χ0v) is 25.2. The van der Waals surface area contributed by atoms with Gasteiger partial charge in [0.1, 0.15) is 5.58 Å². The molecule has 0 fully saturated rings. The van der Waals surface area contributed by atoms with Crippen LogP contribution in [0.5, 0.6) is 0 Å². The molecule has 0 aliphatic heterocycles. The molecular weight excluding hydrogens is 721 g/mol. The third-order valence-corrected chi connectivity index (χ3v) is 7.52. The first kappa shape index (κ1) is 19.4. The number of furan rings is 1. The van der Waals surface area contributed by atoms with Crippen LogP contribution in [0.1, 0.15) is 29.2 Å². The first-order chi connectivity index (χ1) is 24.7. The zero-order chi connectivity index (χ0) is 36.6. The van der Waals surface area contributed by atoms with Gasteiger partial charge in [-0.15, -0.1) is 65.0 Å². The van der Waals surface area contributed by atoms with Gasteiger partial charge in [-0.1, -0.05) is 54.7 Å². The Morgan fingerprint density at radius 2 is 1.64 bits per heavy atom. The second-order valence-electron chi connectivity index (χ2n) is 10.1. The number of nitrogens with zero attached hydrogens (tertiary/aromatic N) is 4. The van der Waals surface area contributed by atoms with Gasteiger partial charge < -0.3 is 8.82 Å². The van der Waals surface area contributed by atoms with Gasteiger partial charge in [0.2, 0.25) is 0 Å². The summed E-state index contributed by atoms with van der Waals surface area (Å²) in [6, 6.07) is 37.0. The Balaban J connectivity index is 0.000000164. The van der Waals surface area contributed by atoms with Crippen LogP contribution in [0.4, 0.5) is 0 Å². The molecule has 0 aliphatic rings. The number of hydrogen-bond donors (Lipinski definition) is 0. The summed E-state index contributed by atoms with van der Waals surface area (Å²) in [6.45, 7) is -7.66. The van der Waals surface area contributed by atoms with Crippen molar-refractivity contribution in [1.82, 2.24) is 19.4 Å². The fourth-order valence-corrected chi connectivity index (χ4v) is 5.56. The third-order valence-electron chi connectivity index (χ3n) is 7.52. The largest absolute Gasteiger partial charge is 0.454 e. The maximum absolute atomic E-state index is 7.48. The minimum absolute atomic E-state index is 0. The summed E-state index contributed by atoms with van der Waals surface area (Å²) >= 11 is 0. The molecule has 0 amide bonds. The third kappa shape index (κ3) is 4.46. The number of rotatable bonds is 1. The summed E-state index contributed by atoms with van der Waals surface area (Å²) in [5, 5.41) is 5.58. The van der Waals surface area contributed by atoms with Gasteiger partial charge in [-0.25, -0.2) is 0 Å². The van der Waals surface area contributed by atoms with Crippen LogP contribution >= 0.6 is 0 Å². The average Bonchev–Trinajstić information content (AvgIpc) is 3.70. The zero-order valence-electron chi connectivity index (χ0n) is 31.8. The molecule has 4 heterocycles. The van der Waals surface area contributed by atoms with Gasteiger partial charge in [0.05, 0.1) is 28.0 Å². The molecule has 0 saturated heterocycles. The maximum atomic E-state index is 7.48. The number of para-hydroxylation sites is 3. The quantitative estimate of drug-likeness (QED) is 0.124. The van der Waals surface area contributed by atoms with Crippen LogP contribution in [0.2, 0.25) is 0 Å². The van der Waals surface area contributed by atoms with E-state index in [4.69, 9.17) is 21.7 Å². The van der Waals surface area contributed by atoms with Crippen molar-refractivity contribution < 1.29 is 36.9 Å². The van der Waals surface area contributed by atoms with Crippen molar-refractivity contribution in [2.75, 3.05) is 0 Å². The fraction of sp³-hybridized carbons (Fsp3) is 0.0789. The van der Waals surface area contributed by atoms with Gasteiger partial charge in [-0.3, -0.25) is 15.0 Å². The number of aryl methyl sites for hydroxylation is 3. The van der Waals surface area contributed by atoms with E-state index >= 15 is 0 Å². The molecule has 5 aromatic carbocycles. The summed E-state index contributed by atoms with van der Waals surface area (Å²) < 4.78 is 75.2. The Morgan fingerprint density at radius 3 is 2.50 bits per heavy atom. The van der Waals surface area contributed by atoms with Crippen molar-refractivity contribution in [2.45, 2.75) is 20.6 Å². The van der Waals surface area contributed by atoms with Crippen LogP contribution in [-0.2, 0) is 20.1 Å². The van der Waals surface area contributed by atoms with E-state index in [1.54, 1.807) is 0 Å². The number of benzene rings is 5. The molecule has 1 radical (unpaired) electrons. The molecule has 0 bridgehead atoms. The normalized spacial score (nSPS) is 15.2. The van der Waals surface area contributed by atoms with Crippen molar-refractivity contribution in [1.29, 1.82) is 0 Å². The average molecular weight is 756 g/mol. The van der Waals surface area contributed by atoms with E-state index in [0.29, 0.717) is 0 Å². The standard InChI is InChI=1S/C25H13N2O.C13H13N2.Ir/c1-2-9-19-15(7-1)17-13-14-18-16-8-3-6-12-22(16)28-24(18)23(17)27-21-11-5-4-10-20(21)26-25(19)27;1-9-4-6-12(7-5-9)13-14-8-10(2)11(3)15-13;/h1-8,10-14H;4-6,8H,1-3H3;/q2*-1;/i;1D3,2D3,3D3;. The van der Waals surface area contributed by atoms with Gasteiger partial charge in [-0.05, 0) is 42.9 Å². The van der Waals surface area contributed by atoms with Crippen LogP contribution < -0.4 is 0 Å². The van der Waals surface area contributed by atoms with Crippen LogP contribution in [0.15, 0.2) is 108 Å². The number of fused-ring (bicyclic) bond motifs is 12. The predicted molar refractivity (Wildman–Crippen MR) is 174 cm³/mol. The summed E-state index contributed by atoms with van der Waals surface area (Å²) in [4.78, 5) is 12.7. The van der Waals surface area contributed by atoms with Crippen molar-refractivity contribution in [3.63, 3.8) is 0 Å². The van der Waals surface area contributed by atoms with E-state index in [0.717, 1.165) is 66.5 Å². The molecule has 0 N–H and O–H groups in total. The Morgan fingerprint density at radius 1 is 0.773 bits per heavy atom. The van der Waals surface area contributed by atoms with E-state index < -0.39 is 31.8 Å². The molecule has 6 heteroatoms. The molecule has 4 aromatic heterocycles. The molecular formula is C38H26IrN4O-2. The van der Waals surface area contributed by atoms with Gasteiger partial charge >= 0.3 is 0 Å². The Bertz CT molecular complexity index is 2820. The summed E-state index contributed by atoms with van der Waals surface area (Å²) in [7, 11) is 0. The Hall–Kier alpha value is -4.90. The second kappa shape index (κ2) is 11.0. The van der Waals surface area contributed by atoms with Crippen molar-refractivity contribution in [3.8, 4) is 11.4 Å². The molecule has 5 nitrogen and oxygen atoms in total. The minimum Gasteiger partial charge on any atom is -0.454 e. The first-order valence-electron chi connectivity index (χ1n) is 18.0. The van der Waals surface area contributed by atoms with Crippen molar-refractivity contribution in [3.05, 3.63) is 132 Å². The number of pyridine rings is 1. The summed E-state index contributed by atoms with van der Waals surface area (Å²) in [5.41, 5.74) is 5.18. The van der Waals surface area contributed by atoms with Crippen molar-refractivity contribution in [2.24, 2.45) is 0 Å². The molecule has 0 unspecified atom stereocenters. The maximum Gasteiger partial charge on any atom is 0.158 e. The van der Waals surface area contributed by atoms with E-state index in [9.17, 15) is 0 Å². The number of imidazole rings is 1. The van der Waals surface area contributed by atoms with Crippen molar-refractivity contribution >= 4 is 60.3 Å². The molecule has 0 atom stereocenters. The second-order valence-corrected chi connectivity index (χ2v) is 10.1. The topological polar surface area (TPSA) is 56.2 Å². The van der Waals surface area contributed by atoms with Gasteiger partial charge in [0.15, 0.2) is 5.58 Å². The van der Waals surface area contributed by atoms with Crippen LogP contribution in [0, 0.1) is 32.7 Å². The molecule has 44 heavy (non-hydrogen) atoms. The molecule has 0 spiro atoms. The molecule has 0 saturated carbocycles. The van der Waals surface area contributed by atoms with Crippen LogP contribution in [-0.4, -0.2) is 19.4 Å². The molecule has 215 valence electrons. The predicted octanol–water partition coefficient (Wildman–Crippen LogP) is 9.36. The van der Waals surface area contributed by atoms with E-state index in [1.165, 1.54) is 18.2 Å². The van der Waals surface area contributed by atoms with Gasteiger partial charge in [0, 0.05) is 55.1 Å². The number of aromatic nitrogens is 4. The summed E-state index contributed by atoms with van der Waals surface area (Å²) in [5.74, 6) is -0.0359. The Labute approximate surface area is 280 Å². The van der Waals surface area contributed by atoms with E-state index in [2.05, 4.69) is 75.0 Å². The molecule has 9 rings (SSSR count). The van der Waals surface area contributed by atoms with Gasteiger partial charge in [-0.2, -0.15) is 0 Å². The van der Waals surface area contributed by atoms with Gasteiger partial charge in [0.25, 0.3) is 0 Å². The SMILES string of the molecule is [2H]C([2H])([2H])c1c[c-]c(-c2ncc(C([2H])([2H])[2H])c(C([2H])([2H])[2H])n2)cc1.[Ir].[c-]1cccc2c1c1nc3ccccc3n1c1c2ccc2c3ccccc3oc21. The summed E-state index contributed by atoms with van der Waals surface area (Å²) in [6.07, 6.45) is 0.961. The van der Waals surface area contributed by atoms with E-state index in [-0.39, 0.29) is 37.1 Å². The van der Waals surface area contributed by atoms with E-state index in [1.807, 2.05) is 30.3 Å². The first-order valence-corrected chi connectivity index (χ1v) is 13.5. The van der Waals surface area contributed by atoms with Crippen LogP contribution in [0.3, 0.4) is 0 Å². The fourth-order valence-electron chi connectivity index (χ4n) is 5.56. The minimum atomic E-state index is -2.72. The molecule has 0 aliphatic carbocycles. The monoisotopic (exact) mass is 756 g/mol. The number of hydrogen-bond acceptors (Lipinski definition) is 4. The molecule has 9 aromatic rings.